The second-order valence-electron chi connectivity index (χ2n) is 7.08. The summed E-state index contributed by atoms with van der Waals surface area (Å²) in [5.41, 5.74) is 0.688. The monoisotopic (exact) mass is 306 g/mol. The zero-order valence-electron chi connectivity index (χ0n) is 12.4. The van der Waals surface area contributed by atoms with Crippen LogP contribution in [0.2, 0.25) is 0 Å². The largest absolute Gasteiger partial charge is 0.461 e. The molecule has 1 aromatic heterocycles. The van der Waals surface area contributed by atoms with E-state index < -0.39 is 0 Å². The minimum atomic E-state index is -0.313. The maximum absolute atomic E-state index is 11.7. The number of carbonyl (C=O) groups excluding carboxylic acids is 1. The van der Waals surface area contributed by atoms with E-state index in [1.54, 1.807) is 5.38 Å². The van der Waals surface area contributed by atoms with Crippen molar-refractivity contribution >= 4 is 22.4 Å². The number of carbonyl (C=O) groups is 1. The topological polar surface area (TPSA) is 51.2 Å². The SMILES string of the molecule is CCOC(=O)c1csc(NC23CC4CC(CC(C4)C2)C3)n1. The quantitative estimate of drug-likeness (QED) is 0.862. The molecule has 4 aliphatic rings. The molecule has 1 N–H and O–H groups in total. The molecule has 0 spiro atoms. The molecule has 4 aliphatic carbocycles. The van der Waals surface area contributed by atoms with E-state index >= 15 is 0 Å². The first kappa shape index (κ1) is 13.6. The first-order valence-corrected chi connectivity index (χ1v) is 8.94. The summed E-state index contributed by atoms with van der Waals surface area (Å²) in [6.07, 6.45) is 8.17. The van der Waals surface area contributed by atoms with Crippen LogP contribution >= 0.6 is 11.3 Å². The van der Waals surface area contributed by atoms with Crippen molar-refractivity contribution in [2.75, 3.05) is 11.9 Å². The Bertz CT molecular complexity index is 519. The molecule has 0 unspecified atom stereocenters. The molecule has 21 heavy (non-hydrogen) atoms. The molecule has 4 saturated carbocycles. The van der Waals surface area contributed by atoms with E-state index in [1.165, 1.54) is 49.9 Å². The van der Waals surface area contributed by atoms with Crippen LogP contribution < -0.4 is 5.32 Å². The number of esters is 1. The minimum Gasteiger partial charge on any atom is -0.461 e. The van der Waals surface area contributed by atoms with Gasteiger partial charge in [0.25, 0.3) is 0 Å². The van der Waals surface area contributed by atoms with Gasteiger partial charge >= 0.3 is 5.97 Å². The van der Waals surface area contributed by atoms with E-state index in [2.05, 4.69) is 10.3 Å². The molecule has 0 aromatic carbocycles. The van der Waals surface area contributed by atoms with Crippen molar-refractivity contribution in [3.05, 3.63) is 11.1 Å². The van der Waals surface area contributed by atoms with Gasteiger partial charge in [0.2, 0.25) is 0 Å². The molecular formula is C16H22N2O2S. The summed E-state index contributed by atoms with van der Waals surface area (Å²) in [4.78, 5) is 16.2. The van der Waals surface area contributed by atoms with Crippen LogP contribution in [-0.4, -0.2) is 23.1 Å². The highest BCUT2D eigenvalue weighted by Gasteiger charge is 2.51. The van der Waals surface area contributed by atoms with Crippen LogP contribution in [0.3, 0.4) is 0 Å². The first-order chi connectivity index (χ1) is 10.2. The van der Waals surface area contributed by atoms with Crippen molar-refractivity contribution in [2.24, 2.45) is 17.8 Å². The molecule has 0 radical (unpaired) electrons. The Morgan fingerprint density at radius 3 is 2.52 bits per heavy atom. The smallest absolute Gasteiger partial charge is 0.357 e. The van der Waals surface area contributed by atoms with Crippen LogP contribution in [0, 0.1) is 17.8 Å². The molecule has 5 rings (SSSR count). The third-order valence-electron chi connectivity index (χ3n) is 5.40. The fourth-order valence-electron chi connectivity index (χ4n) is 5.12. The van der Waals surface area contributed by atoms with Gasteiger partial charge in [-0.1, -0.05) is 0 Å². The number of nitrogens with zero attached hydrogens (tertiary/aromatic N) is 1. The van der Waals surface area contributed by atoms with Crippen LogP contribution in [-0.2, 0) is 4.74 Å². The standard InChI is InChI=1S/C16H22N2O2S/c1-2-20-14(19)13-9-21-15(17-13)18-16-6-10-3-11(7-16)5-12(4-10)8-16/h9-12H,2-8H2,1H3,(H,17,18). The highest BCUT2D eigenvalue weighted by molar-refractivity contribution is 7.13. The summed E-state index contributed by atoms with van der Waals surface area (Å²) in [6.45, 7) is 2.22. The van der Waals surface area contributed by atoms with Crippen LogP contribution in [0.25, 0.3) is 0 Å². The predicted octanol–water partition coefficient (Wildman–Crippen LogP) is 3.70. The fraction of sp³-hybridized carbons (Fsp3) is 0.750. The van der Waals surface area contributed by atoms with Gasteiger partial charge in [-0.15, -0.1) is 11.3 Å². The molecule has 0 saturated heterocycles. The van der Waals surface area contributed by atoms with Gasteiger partial charge in [-0.2, -0.15) is 0 Å². The lowest BCUT2D eigenvalue weighted by molar-refractivity contribution is 0.0107. The summed E-state index contributed by atoms with van der Waals surface area (Å²) in [7, 11) is 0. The third-order valence-corrected chi connectivity index (χ3v) is 6.16. The minimum absolute atomic E-state index is 0.249. The Labute approximate surface area is 129 Å². The molecule has 1 heterocycles. The van der Waals surface area contributed by atoms with Crippen molar-refractivity contribution < 1.29 is 9.53 Å². The Balaban J connectivity index is 1.50. The zero-order valence-corrected chi connectivity index (χ0v) is 13.2. The summed E-state index contributed by atoms with van der Waals surface area (Å²) >= 11 is 1.53. The lowest BCUT2D eigenvalue weighted by Gasteiger charge is -2.56. The van der Waals surface area contributed by atoms with Crippen LogP contribution in [0.15, 0.2) is 5.38 Å². The highest BCUT2D eigenvalue weighted by Crippen LogP contribution is 2.56. The molecule has 0 aliphatic heterocycles. The van der Waals surface area contributed by atoms with Crippen LogP contribution in [0.4, 0.5) is 5.13 Å². The van der Waals surface area contributed by atoms with Crippen molar-refractivity contribution in [1.29, 1.82) is 0 Å². The van der Waals surface area contributed by atoms with Crippen molar-refractivity contribution in [3.63, 3.8) is 0 Å². The van der Waals surface area contributed by atoms with Crippen molar-refractivity contribution in [2.45, 2.75) is 51.0 Å². The van der Waals surface area contributed by atoms with E-state index in [9.17, 15) is 4.79 Å². The van der Waals surface area contributed by atoms with Gasteiger partial charge in [0.15, 0.2) is 10.8 Å². The van der Waals surface area contributed by atoms with Gasteiger partial charge in [0.05, 0.1) is 6.61 Å². The average molecular weight is 306 g/mol. The molecule has 114 valence electrons. The van der Waals surface area contributed by atoms with Gasteiger partial charge < -0.3 is 10.1 Å². The fourth-order valence-corrected chi connectivity index (χ4v) is 5.92. The summed E-state index contributed by atoms with van der Waals surface area (Å²) in [6, 6.07) is 0. The van der Waals surface area contributed by atoms with Gasteiger partial charge in [0, 0.05) is 10.9 Å². The van der Waals surface area contributed by atoms with Crippen molar-refractivity contribution in [1.82, 2.24) is 4.98 Å². The molecule has 4 fully saturated rings. The van der Waals surface area contributed by atoms with E-state index in [4.69, 9.17) is 4.74 Å². The van der Waals surface area contributed by atoms with Crippen LogP contribution in [0.1, 0.15) is 55.9 Å². The zero-order chi connectivity index (χ0) is 14.4. The Kier molecular flexibility index (Phi) is 3.21. The number of ether oxygens (including phenoxy) is 1. The summed E-state index contributed by atoms with van der Waals surface area (Å²) < 4.78 is 5.01. The predicted molar refractivity (Wildman–Crippen MR) is 82.6 cm³/mol. The molecule has 5 heteroatoms. The Hall–Kier alpha value is -1.10. The van der Waals surface area contributed by atoms with Crippen molar-refractivity contribution in [3.8, 4) is 0 Å². The van der Waals surface area contributed by atoms with E-state index in [0.717, 1.165) is 22.9 Å². The number of thiazole rings is 1. The summed E-state index contributed by atoms with van der Waals surface area (Å²) in [5.74, 6) is 2.42. The maximum atomic E-state index is 11.7. The number of rotatable bonds is 4. The molecule has 4 bridgehead atoms. The first-order valence-electron chi connectivity index (χ1n) is 8.06. The number of anilines is 1. The van der Waals surface area contributed by atoms with E-state index in [1.807, 2.05) is 6.92 Å². The maximum Gasteiger partial charge on any atom is 0.357 e. The molecule has 0 atom stereocenters. The lowest BCUT2D eigenvalue weighted by atomic mass is 9.53. The molecule has 4 nitrogen and oxygen atoms in total. The van der Waals surface area contributed by atoms with Gasteiger partial charge in [0.1, 0.15) is 0 Å². The van der Waals surface area contributed by atoms with E-state index in [-0.39, 0.29) is 11.5 Å². The summed E-state index contributed by atoms with van der Waals surface area (Å²) in [5, 5.41) is 6.40. The number of nitrogens with one attached hydrogen (secondary N) is 1. The van der Waals surface area contributed by atoms with Gasteiger partial charge in [-0.3, -0.25) is 0 Å². The number of hydrogen-bond acceptors (Lipinski definition) is 5. The number of hydrogen-bond donors (Lipinski definition) is 1. The van der Waals surface area contributed by atoms with Gasteiger partial charge in [-0.05, 0) is 63.2 Å². The second kappa shape index (κ2) is 4.97. The molecule has 1 aromatic rings. The highest BCUT2D eigenvalue weighted by atomic mass is 32.1. The normalized spacial score (nSPS) is 36.7. The number of aromatic nitrogens is 1. The Morgan fingerprint density at radius 2 is 1.95 bits per heavy atom. The molecule has 0 amide bonds. The van der Waals surface area contributed by atoms with E-state index in [0.29, 0.717) is 12.3 Å². The lowest BCUT2D eigenvalue weighted by Crippen LogP contribution is -2.54. The molecular weight excluding hydrogens is 284 g/mol. The second-order valence-corrected chi connectivity index (χ2v) is 7.94. The average Bonchev–Trinajstić information content (AvgIpc) is 2.85. The Morgan fingerprint density at radius 1 is 1.33 bits per heavy atom. The van der Waals surface area contributed by atoms with Crippen LogP contribution in [0.5, 0.6) is 0 Å². The third kappa shape index (κ3) is 2.45. The van der Waals surface area contributed by atoms with Gasteiger partial charge in [-0.25, -0.2) is 9.78 Å².